The highest BCUT2D eigenvalue weighted by atomic mass is 79.9. The van der Waals surface area contributed by atoms with Crippen molar-refractivity contribution in [3.63, 3.8) is 0 Å². The first-order valence-electron chi connectivity index (χ1n) is 5.99. The largest absolute Gasteiger partial charge is 0.459 e. The predicted octanol–water partition coefficient (Wildman–Crippen LogP) is 2.65. The molecule has 0 fully saturated rings. The van der Waals surface area contributed by atoms with E-state index in [1.165, 1.54) is 18.2 Å². The molecule has 21 heavy (non-hydrogen) atoms. The maximum absolute atomic E-state index is 13.3. The maximum atomic E-state index is 13.3. The van der Waals surface area contributed by atoms with Gasteiger partial charge in [0, 0.05) is 5.56 Å². The Hall–Kier alpha value is -2.15. The fourth-order valence-electron chi connectivity index (χ4n) is 1.50. The summed E-state index contributed by atoms with van der Waals surface area (Å²) < 4.78 is 23.6. The molecule has 1 N–H and O–H groups in total. The minimum Gasteiger partial charge on any atom is -0.459 e. The SMILES string of the molecule is O=C(CNC(=O)c1ccc(Br)o1)OCc1ccccc1F. The predicted molar refractivity (Wildman–Crippen MR) is 74.9 cm³/mol. The number of esters is 1. The van der Waals surface area contributed by atoms with Crippen LogP contribution in [0.4, 0.5) is 4.39 Å². The fourth-order valence-corrected chi connectivity index (χ4v) is 1.81. The average molecular weight is 356 g/mol. The highest BCUT2D eigenvalue weighted by molar-refractivity contribution is 9.10. The van der Waals surface area contributed by atoms with Crippen molar-refractivity contribution in [2.75, 3.05) is 6.54 Å². The molecule has 0 bridgehead atoms. The molecule has 0 aliphatic carbocycles. The Morgan fingerprint density at radius 1 is 1.24 bits per heavy atom. The zero-order valence-corrected chi connectivity index (χ0v) is 12.4. The molecule has 0 saturated carbocycles. The molecule has 0 atom stereocenters. The van der Waals surface area contributed by atoms with Gasteiger partial charge in [0.05, 0.1) is 0 Å². The Morgan fingerprint density at radius 2 is 2.00 bits per heavy atom. The molecule has 1 amide bonds. The normalized spacial score (nSPS) is 10.2. The van der Waals surface area contributed by atoms with E-state index in [-0.39, 0.29) is 24.5 Å². The molecular formula is C14H11BrFNO4. The van der Waals surface area contributed by atoms with Crippen LogP contribution in [0.2, 0.25) is 0 Å². The van der Waals surface area contributed by atoms with Gasteiger partial charge >= 0.3 is 5.97 Å². The van der Waals surface area contributed by atoms with Gasteiger partial charge in [-0.1, -0.05) is 18.2 Å². The minimum atomic E-state index is -0.669. The molecule has 0 spiro atoms. The number of halogens is 2. The summed E-state index contributed by atoms with van der Waals surface area (Å²) in [7, 11) is 0. The molecule has 2 aromatic rings. The average Bonchev–Trinajstić information content (AvgIpc) is 2.90. The van der Waals surface area contributed by atoms with Crippen LogP contribution in [-0.2, 0) is 16.1 Å². The number of benzene rings is 1. The van der Waals surface area contributed by atoms with Gasteiger partial charge in [-0.15, -0.1) is 0 Å². The van der Waals surface area contributed by atoms with Crippen molar-refractivity contribution < 1.29 is 23.1 Å². The number of carbonyl (C=O) groups is 2. The van der Waals surface area contributed by atoms with E-state index >= 15 is 0 Å². The lowest BCUT2D eigenvalue weighted by Gasteiger charge is -2.06. The van der Waals surface area contributed by atoms with Crippen LogP contribution in [-0.4, -0.2) is 18.4 Å². The summed E-state index contributed by atoms with van der Waals surface area (Å²) in [4.78, 5) is 23.1. The van der Waals surface area contributed by atoms with Gasteiger partial charge in [0.15, 0.2) is 10.4 Å². The first-order chi connectivity index (χ1) is 10.1. The van der Waals surface area contributed by atoms with Gasteiger partial charge in [-0.25, -0.2) is 4.39 Å². The van der Waals surface area contributed by atoms with E-state index in [0.717, 1.165) is 0 Å². The molecule has 7 heteroatoms. The van der Waals surface area contributed by atoms with E-state index in [1.807, 2.05) is 0 Å². The second kappa shape index (κ2) is 7.03. The van der Waals surface area contributed by atoms with Gasteiger partial charge in [-0.2, -0.15) is 0 Å². The number of hydrogen-bond acceptors (Lipinski definition) is 4. The number of rotatable bonds is 5. The monoisotopic (exact) mass is 355 g/mol. The third kappa shape index (κ3) is 4.42. The molecule has 110 valence electrons. The lowest BCUT2D eigenvalue weighted by atomic mass is 10.2. The molecule has 1 aromatic carbocycles. The quantitative estimate of drug-likeness (QED) is 0.837. The fraction of sp³-hybridized carbons (Fsp3) is 0.143. The summed E-state index contributed by atoms with van der Waals surface area (Å²) in [5.41, 5.74) is 0.271. The van der Waals surface area contributed by atoms with Gasteiger partial charge in [-0.3, -0.25) is 9.59 Å². The van der Waals surface area contributed by atoms with Crippen LogP contribution in [0.15, 0.2) is 45.5 Å². The summed E-state index contributed by atoms with van der Waals surface area (Å²) >= 11 is 3.06. The number of hydrogen-bond donors (Lipinski definition) is 1. The Morgan fingerprint density at radius 3 is 2.67 bits per heavy atom. The Labute approximate surface area is 128 Å². The Kier molecular flexibility index (Phi) is 5.10. The van der Waals surface area contributed by atoms with Crippen LogP contribution in [0.1, 0.15) is 16.1 Å². The minimum absolute atomic E-state index is 0.0729. The zero-order chi connectivity index (χ0) is 15.2. The lowest BCUT2D eigenvalue weighted by Crippen LogP contribution is -2.30. The smallest absolute Gasteiger partial charge is 0.325 e. The first-order valence-corrected chi connectivity index (χ1v) is 6.78. The van der Waals surface area contributed by atoms with Gasteiger partial charge in [0.2, 0.25) is 0 Å². The molecule has 5 nitrogen and oxygen atoms in total. The Balaban J connectivity index is 1.78. The van der Waals surface area contributed by atoms with Gasteiger partial charge in [0.1, 0.15) is 19.0 Å². The number of amides is 1. The van der Waals surface area contributed by atoms with Gasteiger partial charge in [-0.05, 0) is 34.1 Å². The van der Waals surface area contributed by atoms with Crippen molar-refractivity contribution in [3.8, 4) is 0 Å². The molecule has 1 aromatic heterocycles. The Bertz CT molecular complexity index is 656. The van der Waals surface area contributed by atoms with Crippen molar-refractivity contribution in [2.24, 2.45) is 0 Å². The van der Waals surface area contributed by atoms with Crippen molar-refractivity contribution in [1.29, 1.82) is 0 Å². The molecular weight excluding hydrogens is 345 g/mol. The van der Waals surface area contributed by atoms with Gasteiger partial charge in [0.25, 0.3) is 5.91 Å². The number of carbonyl (C=O) groups excluding carboxylic acids is 2. The van der Waals surface area contributed by atoms with Gasteiger partial charge < -0.3 is 14.5 Å². The van der Waals surface area contributed by atoms with Crippen LogP contribution in [0.3, 0.4) is 0 Å². The molecule has 0 radical (unpaired) electrons. The van der Waals surface area contributed by atoms with Crippen LogP contribution in [0.5, 0.6) is 0 Å². The van der Waals surface area contributed by atoms with Crippen LogP contribution >= 0.6 is 15.9 Å². The van der Waals surface area contributed by atoms with Crippen LogP contribution in [0.25, 0.3) is 0 Å². The maximum Gasteiger partial charge on any atom is 0.325 e. The van der Waals surface area contributed by atoms with Crippen molar-refractivity contribution in [2.45, 2.75) is 6.61 Å². The topological polar surface area (TPSA) is 68.5 Å². The number of furan rings is 1. The molecule has 1 heterocycles. The van der Waals surface area contributed by atoms with E-state index in [9.17, 15) is 14.0 Å². The van der Waals surface area contributed by atoms with E-state index in [0.29, 0.717) is 4.67 Å². The van der Waals surface area contributed by atoms with E-state index < -0.39 is 17.7 Å². The standard InChI is InChI=1S/C14H11BrFNO4/c15-12-6-5-11(21-12)14(19)17-7-13(18)20-8-9-3-1-2-4-10(9)16/h1-6H,7-8H2,(H,17,19). The van der Waals surface area contributed by atoms with E-state index in [1.54, 1.807) is 18.2 Å². The zero-order valence-electron chi connectivity index (χ0n) is 10.8. The van der Waals surface area contributed by atoms with Crippen molar-refractivity contribution in [3.05, 3.63) is 58.2 Å². The molecule has 0 unspecified atom stereocenters. The second-order valence-corrected chi connectivity index (χ2v) is 4.82. The van der Waals surface area contributed by atoms with E-state index in [4.69, 9.17) is 9.15 Å². The summed E-state index contributed by atoms with van der Waals surface area (Å²) in [5, 5.41) is 2.34. The molecule has 0 saturated heterocycles. The highest BCUT2D eigenvalue weighted by Crippen LogP contribution is 2.13. The highest BCUT2D eigenvalue weighted by Gasteiger charge is 2.12. The summed E-state index contributed by atoms with van der Waals surface area (Å²) in [6, 6.07) is 9.00. The summed E-state index contributed by atoms with van der Waals surface area (Å²) in [6.45, 7) is -0.515. The van der Waals surface area contributed by atoms with Crippen LogP contribution < -0.4 is 5.32 Å². The summed E-state index contributed by atoms with van der Waals surface area (Å²) in [5.74, 6) is -1.58. The van der Waals surface area contributed by atoms with Crippen molar-refractivity contribution in [1.82, 2.24) is 5.32 Å². The second-order valence-electron chi connectivity index (χ2n) is 4.04. The third-order valence-corrected chi connectivity index (χ3v) is 2.96. The number of nitrogens with one attached hydrogen (secondary N) is 1. The third-order valence-electron chi connectivity index (χ3n) is 2.54. The summed E-state index contributed by atoms with van der Waals surface area (Å²) in [6.07, 6.45) is 0. The number of ether oxygens (including phenoxy) is 1. The first kappa shape index (κ1) is 15.2. The molecule has 0 aliphatic heterocycles. The van der Waals surface area contributed by atoms with Crippen molar-refractivity contribution >= 4 is 27.8 Å². The lowest BCUT2D eigenvalue weighted by molar-refractivity contribution is -0.143. The molecule has 0 aliphatic rings. The van der Waals surface area contributed by atoms with Crippen LogP contribution in [0, 0.1) is 5.82 Å². The molecule has 2 rings (SSSR count). The van der Waals surface area contributed by atoms with E-state index in [2.05, 4.69) is 21.2 Å².